The Kier molecular flexibility index (Phi) is 3.08. The summed E-state index contributed by atoms with van der Waals surface area (Å²) in [5, 5.41) is 0. The molecule has 5 bridgehead atoms. The van der Waals surface area contributed by atoms with E-state index in [4.69, 9.17) is 9.47 Å². The maximum absolute atomic E-state index is 6.70. The second kappa shape index (κ2) is 4.83. The van der Waals surface area contributed by atoms with E-state index < -0.39 is 0 Å². The summed E-state index contributed by atoms with van der Waals surface area (Å²) in [6.07, 6.45) is 8.21. The van der Waals surface area contributed by atoms with Crippen molar-refractivity contribution < 1.29 is 9.47 Å². The quantitative estimate of drug-likeness (QED) is 0.751. The van der Waals surface area contributed by atoms with Gasteiger partial charge < -0.3 is 0 Å². The van der Waals surface area contributed by atoms with Gasteiger partial charge in [-0.3, -0.25) is 0 Å². The van der Waals surface area contributed by atoms with E-state index in [1.807, 2.05) is 0 Å². The molecule has 2 aliphatic carbocycles. The van der Waals surface area contributed by atoms with E-state index in [1.54, 1.807) is 0 Å². The van der Waals surface area contributed by atoms with Crippen molar-refractivity contribution in [2.24, 2.45) is 11.3 Å². The molecule has 5 fully saturated rings. The van der Waals surface area contributed by atoms with Gasteiger partial charge in [-0.05, 0) is 0 Å². The van der Waals surface area contributed by atoms with Crippen LogP contribution in [0.5, 0.6) is 0 Å². The first-order chi connectivity index (χ1) is 10.7. The zero-order chi connectivity index (χ0) is 14.8. The molecule has 6 atom stereocenters. The van der Waals surface area contributed by atoms with E-state index in [9.17, 15) is 0 Å². The van der Waals surface area contributed by atoms with Crippen molar-refractivity contribution >= 4 is 19.4 Å². The Labute approximate surface area is 139 Å². The Bertz CT molecular complexity index is 566. The SMILES string of the molecule is C[C@@]12[C@H]3CC[C@@H]([Se]c4ccccc4)[C@@]14CCC[C@@H]2O[C@H](C3)O4. The van der Waals surface area contributed by atoms with Gasteiger partial charge in [-0.1, -0.05) is 0 Å². The fourth-order valence-electron chi connectivity index (χ4n) is 5.83. The van der Waals surface area contributed by atoms with Gasteiger partial charge in [0.1, 0.15) is 0 Å². The number of ether oxygens (including phenoxy) is 2. The average Bonchev–Trinajstić information content (AvgIpc) is 2.50. The van der Waals surface area contributed by atoms with Crippen molar-refractivity contribution in [3.63, 3.8) is 0 Å². The molecule has 3 saturated heterocycles. The normalized spacial score (nSPS) is 49.1. The molecule has 0 amide bonds. The van der Waals surface area contributed by atoms with Crippen molar-refractivity contribution in [1.82, 2.24) is 0 Å². The van der Waals surface area contributed by atoms with Crippen LogP contribution in [0, 0.1) is 11.3 Å². The molecular formula is C19H24O2Se. The van der Waals surface area contributed by atoms with Gasteiger partial charge in [0.2, 0.25) is 0 Å². The third-order valence-electron chi connectivity index (χ3n) is 6.90. The summed E-state index contributed by atoms with van der Waals surface area (Å²) in [4.78, 5) is 0.721. The molecule has 3 aliphatic heterocycles. The van der Waals surface area contributed by atoms with Crippen molar-refractivity contribution in [1.29, 1.82) is 0 Å². The maximum atomic E-state index is 6.70. The second-order valence-electron chi connectivity index (χ2n) is 7.67. The first kappa shape index (κ1) is 14.0. The molecule has 0 radical (unpaired) electrons. The van der Waals surface area contributed by atoms with Crippen LogP contribution in [0.25, 0.3) is 0 Å². The number of hydrogen-bond acceptors (Lipinski definition) is 2. The molecule has 3 heteroatoms. The molecule has 0 aromatic heterocycles. The minimum absolute atomic E-state index is 0.0894. The topological polar surface area (TPSA) is 18.5 Å². The van der Waals surface area contributed by atoms with Crippen LogP contribution >= 0.6 is 0 Å². The number of hydrogen-bond donors (Lipinski definition) is 0. The molecule has 3 heterocycles. The molecule has 0 spiro atoms. The average molecular weight is 363 g/mol. The first-order valence-electron chi connectivity index (χ1n) is 8.77. The molecule has 1 aromatic carbocycles. The van der Waals surface area contributed by atoms with Gasteiger partial charge in [-0.25, -0.2) is 0 Å². The Morgan fingerprint density at radius 1 is 1.14 bits per heavy atom. The van der Waals surface area contributed by atoms with Crippen LogP contribution in [-0.4, -0.2) is 33.0 Å². The van der Waals surface area contributed by atoms with Crippen LogP contribution in [-0.2, 0) is 9.47 Å². The Morgan fingerprint density at radius 2 is 2.00 bits per heavy atom. The first-order valence-corrected chi connectivity index (χ1v) is 10.6. The summed E-state index contributed by atoms with van der Waals surface area (Å²) in [5.41, 5.74) is 0.370. The van der Waals surface area contributed by atoms with Crippen molar-refractivity contribution in [3.8, 4) is 0 Å². The molecule has 2 saturated carbocycles. The summed E-state index contributed by atoms with van der Waals surface area (Å²) in [6.45, 7) is 2.50. The summed E-state index contributed by atoms with van der Waals surface area (Å²) in [6, 6.07) is 11.1. The predicted molar refractivity (Wildman–Crippen MR) is 87.4 cm³/mol. The number of rotatable bonds is 2. The van der Waals surface area contributed by atoms with E-state index >= 15 is 0 Å². The molecule has 118 valence electrons. The fraction of sp³-hybridized carbons (Fsp3) is 0.684. The zero-order valence-corrected chi connectivity index (χ0v) is 14.9. The molecule has 6 rings (SSSR count). The Morgan fingerprint density at radius 3 is 2.86 bits per heavy atom. The predicted octanol–water partition coefficient (Wildman–Crippen LogP) is 3.29. The second-order valence-corrected chi connectivity index (χ2v) is 10.3. The minimum atomic E-state index is 0.0894. The van der Waals surface area contributed by atoms with Crippen molar-refractivity contribution in [2.45, 2.75) is 68.3 Å². The van der Waals surface area contributed by atoms with Gasteiger partial charge in [0, 0.05) is 0 Å². The molecule has 22 heavy (non-hydrogen) atoms. The van der Waals surface area contributed by atoms with Gasteiger partial charge in [0.15, 0.2) is 0 Å². The van der Waals surface area contributed by atoms with Crippen LogP contribution in [0.15, 0.2) is 30.3 Å². The standard InChI is InChI=1S/C19H24O2Se/c1-18-13-9-10-16(22-14-6-3-2-4-7-14)19(18)11-5-8-15(18)20-17(12-13)21-19/h2-4,6-7,13,15-17H,5,8-12H2,1H3/t13-,15-,16+,17-,18-,19-/m0/s1. The van der Waals surface area contributed by atoms with Gasteiger partial charge in [0.25, 0.3) is 0 Å². The molecule has 1 aromatic rings. The van der Waals surface area contributed by atoms with E-state index in [0.29, 0.717) is 21.1 Å². The van der Waals surface area contributed by atoms with E-state index in [0.717, 1.165) is 17.2 Å². The molecule has 0 unspecified atom stereocenters. The third kappa shape index (κ3) is 1.69. The fourth-order valence-corrected chi connectivity index (χ4v) is 9.00. The zero-order valence-electron chi connectivity index (χ0n) is 13.2. The third-order valence-corrected chi connectivity index (χ3v) is 9.93. The van der Waals surface area contributed by atoms with Crippen LogP contribution in [0.1, 0.15) is 45.4 Å². The van der Waals surface area contributed by atoms with Gasteiger partial charge in [0.05, 0.1) is 0 Å². The summed E-state index contributed by atoms with van der Waals surface area (Å²) < 4.78 is 14.5. The van der Waals surface area contributed by atoms with Crippen LogP contribution in [0.4, 0.5) is 0 Å². The van der Waals surface area contributed by atoms with Gasteiger partial charge in [-0.15, -0.1) is 0 Å². The van der Waals surface area contributed by atoms with Crippen LogP contribution in [0.2, 0.25) is 4.82 Å². The van der Waals surface area contributed by atoms with Crippen LogP contribution < -0.4 is 4.46 Å². The van der Waals surface area contributed by atoms with E-state index in [1.165, 1.54) is 36.6 Å². The molecule has 2 nitrogen and oxygen atoms in total. The van der Waals surface area contributed by atoms with Gasteiger partial charge in [-0.2, -0.15) is 0 Å². The molecule has 5 aliphatic rings. The van der Waals surface area contributed by atoms with E-state index in [2.05, 4.69) is 37.3 Å². The molecular weight excluding hydrogens is 339 g/mol. The Hall–Kier alpha value is -0.341. The summed E-state index contributed by atoms with van der Waals surface area (Å²) in [5.74, 6) is 0.827. The van der Waals surface area contributed by atoms with Crippen molar-refractivity contribution in [2.75, 3.05) is 0 Å². The number of benzene rings is 1. The summed E-state index contributed by atoms with van der Waals surface area (Å²) >= 11 is 0.509. The molecule has 0 N–H and O–H groups in total. The summed E-state index contributed by atoms with van der Waals surface area (Å²) in [7, 11) is 0. The van der Waals surface area contributed by atoms with Gasteiger partial charge >= 0.3 is 139 Å². The van der Waals surface area contributed by atoms with E-state index in [-0.39, 0.29) is 17.3 Å². The van der Waals surface area contributed by atoms with Crippen molar-refractivity contribution in [3.05, 3.63) is 30.3 Å². The monoisotopic (exact) mass is 364 g/mol. The van der Waals surface area contributed by atoms with Crippen LogP contribution in [0.3, 0.4) is 0 Å². The Balaban J connectivity index is 1.55.